The highest BCUT2D eigenvalue weighted by molar-refractivity contribution is 7.89. The fourth-order valence-corrected chi connectivity index (χ4v) is 5.76. The van der Waals surface area contributed by atoms with E-state index >= 15 is 0 Å². The molecule has 1 fully saturated rings. The summed E-state index contributed by atoms with van der Waals surface area (Å²) in [5, 5.41) is 0. The van der Waals surface area contributed by atoms with Gasteiger partial charge in [0.2, 0.25) is 20.0 Å². The van der Waals surface area contributed by atoms with Gasteiger partial charge in [-0.25, -0.2) is 25.9 Å². The highest BCUT2D eigenvalue weighted by Gasteiger charge is 2.30. The second-order valence-corrected chi connectivity index (χ2v) is 10.5. The Morgan fingerprint density at radius 3 is 2.36 bits per heavy atom. The fourth-order valence-electron chi connectivity index (χ4n) is 3.10. The number of rotatable bonds is 7. The molecule has 0 aliphatic carbocycles. The average Bonchev–Trinajstić information content (AvgIpc) is 2.69. The summed E-state index contributed by atoms with van der Waals surface area (Å²) in [7, 11) is -7.12. The van der Waals surface area contributed by atoms with E-state index in [1.165, 1.54) is 47.0 Å². The topological polar surface area (TPSA) is 96.4 Å². The maximum absolute atomic E-state index is 12.9. The summed E-state index contributed by atoms with van der Waals surface area (Å²) >= 11 is 0. The van der Waals surface area contributed by atoms with E-state index in [0.717, 1.165) is 0 Å². The minimum atomic E-state index is -3.57. The van der Waals surface area contributed by atoms with Crippen LogP contribution in [0.15, 0.2) is 53.7 Å². The monoisotopic (exact) mass is 427 g/mol. The number of benzene rings is 1. The minimum Gasteiger partial charge on any atom is -0.263 e. The molecule has 1 aliphatic heterocycles. The summed E-state index contributed by atoms with van der Waals surface area (Å²) in [5.41, 5.74) is 0.506. The van der Waals surface area contributed by atoms with E-state index in [0.29, 0.717) is 31.5 Å². The van der Waals surface area contributed by atoms with Crippen LogP contribution in [-0.2, 0) is 25.8 Å². The van der Waals surface area contributed by atoms with Crippen LogP contribution in [0.1, 0.15) is 18.4 Å². The van der Waals surface area contributed by atoms with Gasteiger partial charge in [0.25, 0.3) is 0 Å². The first-order valence-electron chi connectivity index (χ1n) is 8.88. The summed E-state index contributed by atoms with van der Waals surface area (Å²) in [6.45, 7) is 0.924. The predicted molar refractivity (Wildman–Crippen MR) is 103 cm³/mol. The number of sulfonamides is 2. The zero-order valence-corrected chi connectivity index (χ0v) is 16.8. The van der Waals surface area contributed by atoms with Gasteiger partial charge in [-0.15, -0.1) is 0 Å². The molecule has 3 rings (SSSR count). The van der Waals surface area contributed by atoms with Crippen molar-refractivity contribution in [2.75, 3.05) is 19.6 Å². The van der Waals surface area contributed by atoms with Crippen molar-refractivity contribution in [2.24, 2.45) is 5.92 Å². The SMILES string of the molecule is O=S(=O)(Cc1ccc(F)cc1)NCC1CCN(S(=O)(=O)c2cccnc2)CC1. The molecule has 0 bridgehead atoms. The lowest BCUT2D eigenvalue weighted by atomic mass is 9.99. The van der Waals surface area contributed by atoms with Crippen molar-refractivity contribution >= 4 is 20.0 Å². The van der Waals surface area contributed by atoms with Crippen molar-refractivity contribution in [1.82, 2.24) is 14.0 Å². The maximum atomic E-state index is 12.9. The summed E-state index contributed by atoms with van der Waals surface area (Å²) in [6, 6.07) is 8.42. The van der Waals surface area contributed by atoms with E-state index in [2.05, 4.69) is 9.71 Å². The van der Waals surface area contributed by atoms with Crippen LogP contribution >= 0.6 is 0 Å². The molecule has 2 heterocycles. The van der Waals surface area contributed by atoms with E-state index in [1.54, 1.807) is 6.07 Å². The summed E-state index contributed by atoms with van der Waals surface area (Å²) in [6.07, 6.45) is 3.98. The average molecular weight is 428 g/mol. The number of nitrogens with one attached hydrogen (secondary N) is 1. The highest BCUT2D eigenvalue weighted by Crippen LogP contribution is 2.23. The molecule has 1 N–H and O–H groups in total. The van der Waals surface area contributed by atoms with E-state index in [4.69, 9.17) is 0 Å². The van der Waals surface area contributed by atoms with Crippen molar-refractivity contribution < 1.29 is 21.2 Å². The molecular formula is C18H22FN3O4S2. The Morgan fingerprint density at radius 2 is 1.75 bits per heavy atom. The summed E-state index contributed by atoms with van der Waals surface area (Å²) in [4.78, 5) is 4.01. The third-order valence-electron chi connectivity index (χ3n) is 4.71. The number of hydrogen-bond acceptors (Lipinski definition) is 5. The van der Waals surface area contributed by atoms with Crippen molar-refractivity contribution in [1.29, 1.82) is 0 Å². The molecule has 1 saturated heterocycles. The standard InChI is InChI=1S/C18H22FN3O4S2/c19-17-5-3-16(4-6-17)14-27(23,24)21-12-15-7-10-22(11-8-15)28(25,26)18-2-1-9-20-13-18/h1-6,9,13,15,21H,7-8,10-12,14H2. The molecule has 1 aromatic heterocycles. The number of nitrogens with zero attached hydrogens (tertiary/aromatic N) is 2. The Bertz CT molecular complexity index is 989. The van der Waals surface area contributed by atoms with Gasteiger partial charge in [0.05, 0.1) is 5.75 Å². The first-order chi connectivity index (χ1) is 13.3. The van der Waals surface area contributed by atoms with Gasteiger partial charge in [-0.3, -0.25) is 4.98 Å². The van der Waals surface area contributed by atoms with Crippen molar-refractivity contribution in [3.8, 4) is 0 Å². The molecule has 0 amide bonds. The van der Waals surface area contributed by atoms with Crippen LogP contribution in [0.4, 0.5) is 4.39 Å². The molecule has 2 aromatic rings. The van der Waals surface area contributed by atoms with Crippen LogP contribution in [0, 0.1) is 11.7 Å². The Hall–Kier alpha value is -1.88. The molecule has 0 radical (unpaired) electrons. The Kier molecular flexibility index (Phi) is 6.43. The van der Waals surface area contributed by atoms with Gasteiger partial charge < -0.3 is 0 Å². The number of piperidine rings is 1. The van der Waals surface area contributed by atoms with Gasteiger partial charge >= 0.3 is 0 Å². The van der Waals surface area contributed by atoms with Gasteiger partial charge in [-0.2, -0.15) is 4.31 Å². The molecule has 1 aromatic carbocycles. The van der Waals surface area contributed by atoms with Gasteiger partial charge in [0, 0.05) is 32.0 Å². The minimum absolute atomic E-state index is 0.0586. The van der Waals surface area contributed by atoms with Crippen LogP contribution in [0.2, 0.25) is 0 Å². The van der Waals surface area contributed by atoms with Gasteiger partial charge in [0.15, 0.2) is 0 Å². The van der Waals surface area contributed by atoms with Crippen molar-refractivity contribution in [2.45, 2.75) is 23.5 Å². The lowest BCUT2D eigenvalue weighted by Crippen LogP contribution is -2.41. The zero-order valence-electron chi connectivity index (χ0n) is 15.2. The Morgan fingerprint density at radius 1 is 1.07 bits per heavy atom. The van der Waals surface area contributed by atoms with Crippen LogP contribution < -0.4 is 4.72 Å². The first-order valence-corrected chi connectivity index (χ1v) is 12.0. The van der Waals surface area contributed by atoms with Gasteiger partial charge in [-0.05, 0) is 48.6 Å². The van der Waals surface area contributed by atoms with Crippen LogP contribution in [-0.4, -0.2) is 45.8 Å². The molecule has 0 saturated carbocycles. The molecule has 0 spiro atoms. The van der Waals surface area contributed by atoms with E-state index in [9.17, 15) is 21.2 Å². The molecular weight excluding hydrogens is 405 g/mol. The normalized spacial score (nSPS) is 16.9. The largest absolute Gasteiger partial charge is 0.263 e. The van der Waals surface area contributed by atoms with Gasteiger partial charge in [0.1, 0.15) is 10.7 Å². The van der Waals surface area contributed by atoms with Crippen molar-refractivity contribution in [3.05, 3.63) is 60.2 Å². The van der Waals surface area contributed by atoms with Crippen LogP contribution in [0.3, 0.4) is 0 Å². The van der Waals surface area contributed by atoms with Crippen molar-refractivity contribution in [3.63, 3.8) is 0 Å². The first kappa shape index (κ1) is 20.8. The summed E-state index contributed by atoms with van der Waals surface area (Å²) < 4.78 is 66.5. The molecule has 0 atom stereocenters. The molecule has 152 valence electrons. The Labute approximate surface area is 164 Å². The molecule has 28 heavy (non-hydrogen) atoms. The fraction of sp³-hybridized carbons (Fsp3) is 0.389. The maximum Gasteiger partial charge on any atom is 0.244 e. The lowest BCUT2D eigenvalue weighted by molar-refractivity contribution is 0.274. The number of hydrogen-bond donors (Lipinski definition) is 1. The smallest absolute Gasteiger partial charge is 0.244 e. The second-order valence-electron chi connectivity index (χ2n) is 6.77. The molecule has 10 heteroatoms. The third kappa shape index (κ3) is 5.34. The Balaban J connectivity index is 1.51. The highest BCUT2D eigenvalue weighted by atomic mass is 32.2. The van der Waals surface area contributed by atoms with E-state index in [1.807, 2.05) is 0 Å². The quantitative estimate of drug-likeness (QED) is 0.726. The van der Waals surface area contributed by atoms with E-state index in [-0.39, 0.29) is 23.1 Å². The number of aromatic nitrogens is 1. The third-order valence-corrected chi connectivity index (χ3v) is 7.91. The molecule has 0 unspecified atom stereocenters. The van der Waals surface area contributed by atoms with Crippen LogP contribution in [0.5, 0.6) is 0 Å². The lowest BCUT2D eigenvalue weighted by Gasteiger charge is -2.31. The molecule has 7 nitrogen and oxygen atoms in total. The van der Waals surface area contributed by atoms with E-state index < -0.39 is 25.9 Å². The van der Waals surface area contributed by atoms with Gasteiger partial charge in [-0.1, -0.05) is 12.1 Å². The summed E-state index contributed by atoms with van der Waals surface area (Å²) in [5.74, 6) is -0.577. The van der Waals surface area contributed by atoms with Crippen LogP contribution in [0.25, 0.3) is 0 Å². The second kappa shape index (κ2) is 8.64. The number of pyridine rings is 1. The number of halogens is 1. The zero-order chi connectivity index (χ0) is 20.2. The predicted octanol–water partition coefficient (Wildman–Crippen LogP) is 1.74. The molecule has 1 aliphatic rings.